The van der Waals surface area contributed by atoms with E-state index in [9.17, 15) is 0 Å². The van der Waals surface area contributed by atoms with Crippen molar-refractivity contribution < 1.29 is 0 Å². The Morgan fingerprint density at radius 1 is 0.407 bits per heavy atom. The molecule has 0 bridgehead atoms. The van der Waals surface area contributed by atoms with Crippen molar-refractivity contribution in [1.29, 1.82) is 0 Å². The van der Waals surface area contributed by atoms with Crippen molar-refractivity contribution >= 4 is 57.2 Å². The third kappa shape index (κ3) is 6.20. The number of anilines is 6. The van der Waals surface area contributed by atoms with Gasteiger partial charge < -0.3 is 9.80 Å². The summed E-state index contributed by atoms with van der Waals surface area (Å²) in [5.74, 6) is 0. The highest BCUT2D eigenvalue weighted by Crippen LogP contribution is 2.46. The molecule has 2 aliphatic heterocycles. The SMILES string of the molecule is CCC(C)(C)c1ccc(N2c3ccc(C(C)(C)CC)cc3B3c4cc(C(C)(C)CC)ccc4N(c4ccc(C(C)(C)CC)cc4)c4cc(C)cc2c43)cc1. The van der Waals surface area contributed by atoms with E-state index in [-0.39, 0.29) is 28.4 Å². The number of fused-ring (bicyclic) bond motifs is 4. The van der Waals surface area contributed by atoms with Gasteiger partial charge in [0.15, 0.2) is 0 Å². The summed E-state index contributed by atoms with van der Waals surface area (Å²) < 4.78 is 0. The van der Waals surface area contributed by atoms with Crippen LogP contribution in [0.1, 0.15) is 137 Å². The number of benzene rings is 5. The van der Waals surface area contributed by atoms with Crippen molar-refractivity contribution in [3.63, 3.8) is 0 Å². The Kier molecular flexibility index (Phi) is 9.52. The maximum Gasteiger partial charge on any atom is 0.252 e. The van der Waals surface area contributed by atoms with Crippen LogP contribution in [0.25, 0.3) is 0 Å². The van der Waals surface area contributed by atoms with Gasteiger partial charge in [0, 0.05) is 34.1 Å². The fourth-order valence-corrected chi connectivity index (χ4v) is 8.48. The topological polar surface area (TPSA) is 6.48 Å². The molecule has 54 heavy (non-hydrogen) atoms. The first-order chi connectivity index (χ1) is 25.5. The Balaban J connectivity index is 1.55. The van der Waals surface area contributed by atoms with Crippen molar-refractivity contribution in [2.75, 3.05) is 9.80 Å². The number of rotatable bonds is 10. The van der Waals surface area contributed by atoms with E-state index in [4.69, 9.17) is 0 Å². The Hall–Kier alpha value is -4.24. The fraction of sp³-hybridized carbons (Fsp3) is 0.412. The number of aryl methyl sites for hydroxylation is 1. The molecule has 0 N–H and O–H groups in total. The smallest absolute Gasteiger partial charge is 0.252 e. The summed E-state index contributed by atoms with van der Waals surface area (Å²) in [5.41, 5.74) is 19.0. The predicted molar refractivity (Wildman–Crippen MR) is 238 cm³/mol. The molecular formula is C51H63BN2. The second-order valence-corrected chi connectivity index (χ2v) is 18.9. The third-order valence-corrected chi connectivity index (χ3v) is 14.1. The first-order valence-electron chi connectivity index (χ1n) is 20.7. The molecule has 0 saturated carbocycles. The molecule has 2 nitrogen and oxygen atoms in total. The second-order valence-electron chi connectivity index (χ2n) is 18.9. The molecule has 7 rings (SSSR count). The van der Waals surface area contributed by atoms with Crippen LogP contribution in [0.3, 0.4) is 0 Å². The monoisotopic (exact) mass is 715 g/mol. The van der Waals surface area contributed by atoms with Gasteiger partial charge in [-0.05, 0) is 147 Å². The van der Waals surface area contributed by atoms with Crippen molar-refractivity contribution in [2.45, 2.75) is 137 Å². The molecular weight excluding hydrogens is 651 g/mol. The van der Waals surface area contributed by atoms with Gasteiger partial charge >= 0.3 is 0 Å². The Bertz CT molecular complexity index is 2030. The highest BCUT2D eigenvalue weighted by molar-refractivity contribution is 7.00. The molecule has 0 aliphatic carbocycles. The summed E-state index contributed by atoms with van der Waals surface area (Å²) in [4.78, 5) is 5.14. The van der Waals surface area contributed by atoms with Gasteiger partial charge in [-0.1, -0.05) is 132 Å². The van der Waals surface area contributed by atoms with Crippen LogP contribution >= 0.6 is 0 Å². The number of hydrogen-bond donors (Lipinski definition) is 0. The van der Waals surface area contributed by atoms with Gasteiger partial charge in [-0.25, -0.2) is 0 Å². The molecule has 0 radical (unpaired) electrons. The van der Waals surface area contributed by atoms with Crippen molar-refractivity contribution in [3.8, 4) is 0 Å². The molecule has 0 fully saturated rings. The minimum absolute atomic E-state index is 0.0627. The van der Waals surface area contributed by atoms with Crippen LogP contribution in [0.15, 0.2) is 97.1 Å². The van der Waals surface area contributed by atoms with Crippen molar-refractivity contribution in [1.82, 2.24) is 0 Å². The van der Waals surface area contributed by atoms with E-state index < -0.39 is 0 Å². The maximum atomic E-state index is 2.57. The quantitative estimate of drug-likeness (QED) is 0.130. The van der Waals surface area contributed by atoms with Gasteiger partial charge in [0.25, 0.3) is 6.71 Å². The van der Waals surface area contributed by atoms with Gasteiger partial charge in [0.1, 0.15) is 0 Å². The van der Waals surface area contributed by atoms with Gasteiger partial charge in [-0.15, -0.1) is 0 Å². The minimum atomic E-state index is 0.0627. The largest absolute Gasteiger partial charge is 0.311 e. The first kappa shape index (κ1) is 38.1. The van der Waals surface area contributed by atoms with E-state index in [0.717, 1.165) is 25.7 Å². The summed E-state index contributed by atoms with van der Waals surface area (Å²) in [6, 6.07) is 38.6. The van der Waals surface area contributed by atoms with Crippen LogP contribution in [0.4, 0.5) is 34.1 Å². The molecule has 0 atom stereocenters. The van der Waals surface area contributed by atoms with E-state index in [2.05, 4.69) is 197 Å². The average molecular weight is 715 g/mol. The van der Waals surface area contributed by atoms with E-state index in [0.29, 0.717) is 0 Å². The average Bonchev–Trinajstić information content (AvgIpc) is 3.17. The highest BCUT2D eigenvalue weighted by Gasteiger charge is 2.44. The Morgan fingerprint density at radius 3 is 1.06 bits per heavy atom. The maximum absolute atomic E-state index is 2.57. The van der Waals surface area contributed by atoms with Gasteiger partial charge in [0.05, 0.1) is 0 Å². The zero-order chi connectivity index (χ0) is 39.0. The summed E-state index contributed by atoms with van der Waals surface area (Å²) in [6.07, 6.45) is 4.37. The summed E-state index contributed by atoms with van der Waals surface area (Å²) >= 11 is 0. The normalized spacial score (nSPS) is 14.2. The summed E-state index contributed by atoms with van der Waals surface area (Å²) in [6.45, 7) is 30.6. The molecule has 2 heterocycles. The van der Waals surface area contributed by atoms with Crippen molar-refractivity contribution in [2.24, 2.45) is 0 Å². The van der Waals surface area contributed by atoms with E-state index in [1.54, 1.807) is 0 Å². The molecule has 280 valence electrons. The molecule has 5 aromatic carbocycles. The fourth-order valence-electron chi connectivity index (χ4n) is 8.48. The van der Waals surface area contributed by atoms with Crippen LogP contribution in [0.2, 0.25) is 0 Å². The van der Waals surface area contributed by atoms with E-state index >= 15 is 0 Å². The zero-order valence-corrected chi connectivity index (χ0v) is 35.5. The Labute approximate surface area is 328 Å². The Morgan fingerprint density at radius 2 is 0.722 bits per heavy atom. The van der Waals surface area contributed by atoms with Crippen LogP contribution < -0.4 is 26.2 Å². The minimum Gasteiger partial charge on any atom is -0.311 e. The van der Waals surface area contributed by atoms with Crippen LogP contribution in [0.5, 0.6) is 0 Å². The predicted octanol–water partition coefficient (Wildman–Crippen LogP) is 12.8. The molecule has 0 saturated heterocycles. The first-order valence-corrected chi connectivity index (χ1v) is 20.7. The second kappa shape index (κ2) is 13.5. The lowest BCUT2D eigenvalue weighted by atomic mass is 9.33. The molecule has 0 amide bonds. The van der Waals surface area contributed by atoms with Gasteiger partial charge in [0.2, 0.25) is 0 Å². The lowest BCUT2D eigenvalue weighted by Crippen LogP contribution is -2.61. The molecule has 0 aromatic heterocycles. The van der Waals surface area contributed by atoms with E-state index in [1.807, 2.05) is 0 Å². The molecule has 2 aliphatic rings. The zero-order valence-electron chi connectivity index (χ0n) is 35.5. The number of nitrogens with zero attached hydrogens (tertiary/aromatic N) is 2. The lowest BCUT2D eigenvalue weighted by molar-refractivity contribution is 0.506. The van der Waals surface area contributed by atoms with E-state index in [1.165, 1.54) is 78.3 Å². The van der Waals surface area contributed by atoms with Crippen LogP contribution in [0, 0.1) is 6.92 Å². The molecule has 5 aromatic rings. The van der Waals surface area contributed by atoms with Crippen molar-refractivity contribution in [3.05, 3.63) is 125 Å². The van der Waals surface area contributed by atoms with Crippen LogP contribution in [-0.2, 0) is 21.7 Å². The molecule has 3 heteroatoms. The standard InChI is InChI=1S/C51H63BN2/c1-14-48(6,7)35-18-24-39(25-19-35)53-43-28-22-37(50(10,11)16-3)32-41(43)52-42-33-38(51(12,13)17-4)23-29-44(42)54(46-31-34(5)30-45(53)47(46)52)40-26-20-36(21-27-40)49(8,9)15-2/h18-33H,14-17H2,1-13H3. The molecule has 0 unspecified atom stereocenters. The van der Waals surface area contributed by atoms with Crippen LogP contribution in [-0.4, -0.2) is 6.71 Å². The van der Waals surface area contributed by atoms with Gasteiger partial charge in [-0.2, -0.15) is 0 Å². The van der Waals surface area contributed by atoms with Gasteiger partial charge in [-0.3, -0.25) is 0 Å². The lowest BCUT2D eigenvalue weighted by Gasteiger charge is -2.45. The number of hydrogen-bond acceptors (Lipinski definition) is 2. The summed E-state index contributed by atoms with van der Waals surface area (Å²) in [7, 11) is 0. The molecule has 0 spiro atoms. The highest BCUT2D eigenvalue weighted by atomic mass is 15.2. The third-order valence-electron chi connectivity index (χ3n) is 14.1. The summed E-state index contributed by atoms with van der Waals surface area (Å²) in [5, 5.41) is 0.